The summed E-state index contributed by atoms with van der Waals surface area (Å²) in [5.41, 5.74) is 2.61. The Labute approximate surface area is 118 Å². The van der Waals surface area contributed by atoms with E-state index in [-0.39, 0.29) is 0 Å². The lowest BCUT2D eigenvalue weighted by molar-refractivity contribution is 0.0351. The van der Waals surface area contributed by atoms with Crippen molar-refractivity contribution in [2.45, 2.75) is 25.4 Å². The van der Waals surface area contributed by atoms with Crippen molar-refractivity contribution in [3.8, 4) is 6.07 Å². The van der Waals surface area contributed by atoms with Gasteiger partial charge in [0, 0.05) is 26.3 Å². The number of aliphatic hydroxyl groups is 1. The highest BCUT2D eigenvalue weighted by atomic mass is 16.3. The molecule has 0 saturated carbocycles. The van der Waals surface area contributed by atoms with Crippen molar-refractivity contribution in [3.63, 3.8) is 0 Å². The summed E-state index contributed by atoms with van der Waals surface area (Å²) in [7, 11) is 1.97. The van der Waals surface area contributed by atoms with Gasteiger partial charge in [-0.25, -0.2) is 4.98 Å². The Morgan fingerprint density at radius 1 is 1.40 bits per heavy atom. The average molecular weight is 270 g/mol. The highest BCUT2D eigenvalue weighted by Crippen LogP contribution is 2.29. The van der Waals surface area contributed by atoms with Crippen LogP contribution in [-0.2, 0) is 7.05 Å². The maximum Gasteiger partial charge on any atom is 0.164 e. The van der Waals surface area contributed by atoms with E-state index in [0.717, 1.165) is 29.8 Å². The van der Waals surface area contributed by atoms with Crippen LogP contribution >= 0.6 is 0 Å². The molecule has 1 aliphatic heterocycles. The van der Waals surface area contributed by atoms with Crippen LogP contribution in [0, 0.1) is 11.3 Å². The minimum Gasteiger partial charge on any atom is -0.390 e. The molecule has 0 aromatic carbocycles. The summed E-state index contributed by atoms with van der Waals surface area (Å²) in [6, 6.07) is 6.14. The van der Waals surface area contributed by atoms with E-state index >= 15 is 0 Å². The van der Waals surface area contributed by atoms with E-state index in [1.54, 1.807) is 0 Å². The van der Waals surface area contributed by atoms with Crippen molar-refractivity contribution in [3.05, 3.63) is 24.0 Å². The van der Waals surface area contributed by atoms with Crippen LogP contribution in [0.2, 0.25) is 0 Å². The standard InChI is InChI=1S/C15H18N4O/c1-15(20)4-7-19(8-5-15)14-9-13-11(3-6-18(13)2)17-12(14)10-16/h3,6,9,20H,4-5,7-8H2,1-2H3. The minimum absolute atomic E-state index is 0.463. The molecule has 20 heavy (non-hydrogen) atoms. The predicted molar refractivity (Wildman–Crippen MR) is 77.5 cm³/mol. The number of pyridine rings is 1. The van der Waals surface area contributed by atoms with Gasteiger partial charge in [0.1, 0.15) is 6.07 Å². The Morgan fingerprint density at radius 2 is 2.10 bits per heavy atom. The van der Waals surface area contributed by atoms with Crippen LogP contribution in [0.15, 0.2) is 18.3 Å². The molecule has 3 heterocycles. The maximum absolute atomic E-state index is 10.0. The summed E-state index contributed by atoms with van der Waals surface area (Å²) >= 11 is 0. The molecule has 5 heteroatoms. The zero-order chi connectivity index (χ0) is 14.3. The molecule has 1 saturated heterocycles. The molecular formula is C15H18N4O. The van der Waals surface area contributed by atoms with Crippen LogP contribution in [-0.4, -0.2) is 33.3 Å². The van der Waals surface area contributed by atoms with Crippen LogP contribution in [0.1, 0.15) is 25.5 Å². The fourth-order valence-corrected chi connectivity index (χ4v) is 2.73. The van der Waals surface area contributed by atoms with E-state index in [1.165, 1.54) is 0 Å². The quantitative estimate of drug-likeness (QED) is 0.858. The van der Waals surface area contributed by atoms with Gasteiger partial charge >= 0.3 is 0 Å². The summed E-state index contributed by atoms with van der Waals surface area (Å²) in [6.45, 7) is 3.37. The first-order chi connectivity index (χ1) is 9.50. The molecule has 0 spiro atoms. The first-order valence-electron chi connectivity index (χ1n) is 6.84. The fourth-order valence-electron chi connectivity index (χ4n) is 2.73. The normalized spacial score (nSPS) is 18.2. The number of rotatable bonds is 1. The van der Waals surface area contributed by atoms with Crippen LogP contribution < -0.4 is 4.90 Å². The third kappa shape index (κ3) is 2.12. The van der Waals surface area contributed by atoms with Gasteiger partial charge in [0.05, 0.1) is 22.3 Å². The molecule has 2 aromatic heterocycles. The van der Waals surface area contributed by atoms with E-state index in [9.17, 15) is 10.4 Å². The molecule has 0 radical (unpaired) electrons. The lowest BCUT2D eigenvalue weighted by Crippen LogP contribution is -2.42. The lowest BCUT2D eigenvalue weighted by atomic mass is 9.93. The summed E-state index contributed by atoms with van der Waals surface area (Å²) < 4.78 is 2.01. The van der Waals surface area contributed by atoms with E-state index < -0.39 is 5.60 Å². The minimum atomic E-state index is -0.591. The second-order valence-corrected chi connectivity index (χ2v) is 5.78. The van der Waals surface area contributed by atoms with Gasteiger partial charge in [-0.1, -0.05) is 0 Å². The second-order valence-electron chi connectivity index (χ2n) is 5.78. The Kier molecular flexibility index (Phi) is 2.91. The molecule has 1 fully saturated rings. The zero-order valence-electron chi connectivity index (χ0n) is 11.8. The number of piperidine rings is 1. The molecule has 0 unspecified atom stereocenters. The van der Waals surface area contributed by atoms with Crippen LogP contribution in [0.5, 0.6) is 0 Å². The molecular weight excluding hydrogens is 252 g/mol. The number of fused-ring (bicyclic) bond motifs is 1. The van der Waals surface area contributed by atoms with Crippen molar-refractivity contribution >= 4 is 16.7 Å². The molecule has 0 bridgehead atoms. The number of hydrogen-bond acceptors (Lipinski definition) is 4. The van der Waals surface area contributed by atoms with Crippen LogP contribution in [0.4, 0.5) is 5.69 Å². The zero-order valence-corrected chi connectivity index (χ0v) is 11.8. The predicted octanol–water partition coefficient (Wildman–Crippen LogP) is 1.80. The smallest absolute Gasteiger partial charge is 0.164 e. The van der Waals surface area contributed by atoms with Gasteiger partial charge in [0.25, 0.3) is 0 Å². The fraction of sp³-hybridized carbons (Fsp3) is 0.467. The van der Waals surface area contributed by atoms with Crippen molar-refractivity contribution in [1.29, 1.82) is 5.26 Å². The molecule has 0 amide bonds. The Bertz CT molecular complexity index is 686. The number of aryl methyl sites for hydroxylation is 1. The van der Waals surface area contributed by atoms with Gasteiger partial charge in [0.15, 0.2) is 5.69 Å². The Morgan fingerprint density at radius 3 is 2.75 bits per heavy atom. The van der Waals surface area contributed by atoms with Gasteiger partial charge in [-0.3, -0.25) is 0 Å². The van der Waals surface area contributed by atoms with Gasteiger partial charge in [-0.15, -0.1) is 0 Å². The van der Waals surface area contributed by atoms with E-state index in [4.69, 9.17) is 0 Å². The van der Waals surface area contributed by atoms with Gasteiger partial charge in [0.2, 0.25) is 0 Å². The largest absolute Gasteiger partial charge is 0.390 e. The SMILES string of the molecule is Cn1ccc2nc(C#N)c(N3CCC(C)(O)CC3)cc21. The van der Waals surface area contributed by atoms with Gasteiger partial charge in [-0.05, 0) is 31.9 Å². The Balaban J connectivity index is 2.02. The number of anilines is 1. The Hall–Kier alpha value is -2.06. The monoisotopic (exact) mass is 270 g/mol. The summed E-state index contributed by atoms with van der Waals surface area (Å²) in [5, 5.41) is 19.4. The van der Waals surface area contributed by atoms with Crippen LogP contribution in [0.3, 0.4) is 0 Å². The van der Waals surface area contributed by atoms with Crippen molar-refractivity contribution in [2.75, 3.05) is 18.0 Å². The second kappa shape index (κ2) is 4.50. The van der Waals surface area contributed by atoms with E-state index in [1.807, 2.05) is 36.9 Å². The van der Waals surface area contributed by atoms with Crippen molar-refractivity contribution < 1.29 is 5.11 Å². The third-order valence-electron chi connectivity index (χ3n) is 4.13. The molecule has 0 atom stereocenters. The van der Waals surface area contributed by atoms with E-state index in [0.29, 0.717) is 18.5 Å². The number of hydrogen-bond donors (Lipinski definition) is 1. The molecule has 3 rings (SSSR count). The van der Waals surface area contributed by atoms with Gasteiger partial charge < -0.3 is 14.6 Å². The number of aromatic nitrogens is 2. The average Bonchev–Trinajstić information content (AvgIpc) is 2.78. The maximum atomic E-state index is 10.0. The van der Waals surface area contributed by atoms with Crippen molar-refractivity contribution in [1.82, 2.24) is 9.55 Å². The first kappa shape index (κ1) is 12.9. The molecule has 0 aliphatic carbocycles. The lowest BCUT2D eigenvalue weighted by Gasteiger charge is -2.37. The first-order valence-corrected chi connectivity index (χ1v) is 6.84. The topological polar surface area (TPSA) is 65.1 Å². The summed E-state index contributed by atoms with van der Waals surface area (Å²) in [4.78, 5) is 6.59. The number of nitriles is 1. The highest BCUT2D eigenvalue weighted by Gasteiger charge is 2.28. The van der Waals surface area contributed by atoms with Crippen molar-refractivity contribution in [2.24, 2.45) is 7.05 Å². The molecule has 1 aliphatic rings. The molecule has 2 aromatic rings. The molecule has 104 valence electrons. The van der Waals surface area contributed by atoms with Crippen LogP contribution in [0.25, 0.3) is 11.0 Å². The summed E-state index contributed by atoms with van der Waals surface area (Å²) in [6.07, 6.45) is 3.37. The van der Waals surface area contributed by atoms with Gasteiger partial charge in [-0.2, -0.15) is 5.26 Å². The molecule has 1 N–H and O–H groups in total. The number of nitrogens with zero attached hydrogens (tertiary/aromatic N) is 4. The molecule has 5 nitrogen and oxygen atoms in total. The summed E-state index contributed by atoms with van der Waals surface area (Å²) in [5.74, 6) is 0. The van der Waals surface area contributed by atoms with E-state index in [2.05, 4.69) is 16.0 Å². The third-order valence-corrected chi connectivity index (χ3v) is 4.13. The highest BCUT2D eigenvalue weighted by molar-refractivity contribution is 5.81.